The maximum atomic E-state index is 13.7. The zero-order chi connectivity index (χ0) is 20.5. The van der Waals surface area contributed by atoms with Gasteiger partial charge in [-0.15, -0.1) is 0 Å². The Morgan fingerprint density at radius 3 is 2.46 bits per heavy atom. The highest BCUT2D eigenvalue weighted by atomic mass is 19.1. The van der Waals surface area contributed by atoms with Crippen molar-refractivity contribution < 1.29 is 18.7 Å². The van der Waals surface area contributed by atoms with Crippen molar-refractivity contribution in [3.8, 4) is 5.75 Å². The summed E-state index contributed by atoms with van der Waals surface area (Å²) in [5.74, 6) is -1.14. The number of aryl methyl sites for hydroxylation is 1. The van der Waals surface area contributed by atoms with Gasteiger partial charge in [0.1, 0.15) is 6.04 Å². The quantitative estimate of drug-likeness (QED) is 0.718. The SMILES string of the molecule is CCCNC(=O)[C@@H](C)N(Cc1ccc(C)cc1)C(=O)COc1ccccc1F. The van der Waals surface area contributed by atoms with Crippen molar-refractivity contribution in [3.63, 3.8) is 0 Å². The third kappa shape index (κ3) is 6.08. The molecule has 28 heavy (non-hydrogen) atoms. The van der Waals surface area contributed by atoms with E-state index in [1.165, 1.54) is 17.0 Å². The van der Waals surface area contributed by atoms with Crippen LogP contribution in [0.4, 0.5) is 4.39 Å². The van der Waals surface area contributed by atoms with Crippen molar-refractivity contribution in [2.24, 2.45) is 0 Å². The number of benzene rings is 2. The first-order valence-corrected chi connectivity index (χ1v) is 9.42. The van der Waals surface area contributed by atoms with Crippen LogP contribution in [0.1, 0.15) is 31.4 Å². The molecule has 6 heteroatoms. The van der Waals surface area contributed by atoms with Crippen molar-refractivity contribution >= 4 is 11.8 Å². The van der Waals surface area contributed by atoms with E-state index in [-0.39, 0.29) is 30.7 Å². The van der Waals surface area contributed by atoms with Gasteiger partial charge in [0.05, 0.1) is 0 Å². The zero-order valence-corrected chi connectivity index (χ0v) is 16.6. The molecule has 0 radical (unpaired) electrons. The average molecular weight is 386 g/mol. The van der Waals surface area contributed by atoms with Gasteiger partial charge in [0.25, 0.3) is 5.91 Å². The van der Waals surface area contributed by atoms with Crippen LogP contribution in [0.15, 0.2) is 48.5 Å². The largest absolute Gasteiger partial charge is 0.481 e. The summed E-state index contributed by atoms with van der Waals surface area (Å²) in [6, 6.07) is 13.0. The van der Waals surface area contributed by atoms with E-state index >= 15 is 0 Å². The number of ether oxygens (including phenoxy) is 1. The Morgan fingerprint density at radius 1 is 1.14 bits per heavy atom. The molecule has 0 bridgehead atoms. The molecule has 0 aliphatic rings. The first-order valence-electron chi connectivity index (χ1n) is 9.42. The number of halogens is 1. The average Bonchev–Trinajstić information content (AvgIpc) is 2.70. The second-order valence-electron chi connectivity index (χ2n) is 6.69. The highest BCUT2D eigenvalue weighted by Crippen LogP contribution is 2.16. The number of carbonyl (C=O) groups is 2. The molecule has 0 saturated heterocycles. The third-order valence-electron chi connectivity index (χ3n) is 4.38. The summed E-state index contributed by atoms with van der Waals surface area (Å²) in [5.41, 5.74) is 2.01. The minimum atomic E-state index is -0.676. The van der Waals surface area contributed by atoms with Gasteiger partial charge < -0.3 is 15.0 Å². The lowest BCUT2D eigenvalue weighted by atomic mass is 10.1. The fourth-order valence-electron chi connectivity index (χ4n) is 2.65. The van der Waals surface area contributed by atoms with Crippen molar-refractivity contribution in [2.45, 2.75) is 39.8 Å². The second-order valence-corrected chi connectivity index (χ2v) is 6.69. The lowest BCUT2D eigenvalue weighted by Crippen LogP contribution is -2.49. The Balaban J connectivity index is 2.13. The maximum Gasteiger partial charge on any atom is 0.261 e. The molecule has 150 valence electrons. The summed E-state index contributed by atoms with van der Waals surface area (Å²) in [4.78, 5) is 26.7. The summed E-state index contributed by atoms with van der Waals surface area (Å²) in [7, 11) is 0. The smallest absolute Gasteiger partial charge is 0.261 e. The maximum absolute atomic E-state index is 13.7. The fraction of sp³-hybridized carbons (Fsp3) is 0.364. The molecule has 0 heterocycles. The molecule has 0 fully saturated rings. The van der Waals surface area contributed by atoms with E-state index < -0.39 is 11.9 Å². The third-order valence-corrected chi connectivity index (χ3v) is 4.38. The predicted octanol–water partition coefficient (Wildman–Crippen LogP) is 3.46. The first-order chi connectivity index (χ1) is 13.4. The summed E-state index contributed by atoms with van der Waals surface area (Å²) in [5, 5.41) is 2.81. The van der Waals surface area contributed by atoms with Crippen LogP contribution in [0.5, 0.6) is 5.75 Å². The summed E-state index contributed by atoms with van der Waals surface area (Å²) < 4.78 is 19.1. The number of para-hydroxylation sites is 1. The zero-order valence-electron chi connectivity index (χ0n) is 16.6. The van der Waals surface area contributed by atoms with Gasteiger partial charge >= 0.3 is 0 Å². The van der Waals surface area contributed by atoms with Gasteiger partial charge in [-0.3, -0.25) is 9.59 Å². The molecule has 1 atom stereocenters. The molecular formula is C22H27FN2O3. The number of rotatable bonds is 9. The van der Waals surface area contributed by atoms with E-state index in [9.17, 15) is 14.0 Å². The monoisotopic (exact) mass is 386 g/mol. The molecule has 2 aromatic rings. The lowest BCUT2D eigenvalue weighted by Gasteiger charge is -2.28. The number of carbonyl (C=O) groups excluding carboxylic acids is 2. The molecule has 5 nitrogen and oxygen atoms in total. The Bertz CT molecular complexity index is 793. The normalized spacial score (nSPS) is 11.6. The van der Waals surface area contributed by atoms with E-state index in [2.05, 4.69) is 5.32 Å². The van der Waals surface area contributed by atoms with E-state index in [0.29, 0.717) is 6.54 Å². The Morgan fingerprint density at radius 2 is 1.82 bits per heavy atom. The van der Waals surface area contributed by atoms with Crippen LogP contribution >= 0.6 is 0 Å². The summed E-state index contributed by atoms with van der Waals surface area (Å²) in [6.45, 7) is 6.08. The number of amides is 2. The van der Waals surface area contributed by atoms with Gasteiger partial charge in [-0.25, -0.2) is 4.39 Å². The van der Waals surface area contributed by atoms with Crippen LogP contribution in [-0.4, -0.2) is 35.9 Å². The van der Waals surface area contributed by atoms with Gasteiger partial charge in [0.15, 0.2) is 18.2 Å². The summed E-state index contributed by atoms with van der Waals surface area (Å²) in [6.07, 6.45) is 0.806. The minimum absolute atomic E-state index is 0.00854. The molecule has 0 unspecified atom stereocenters. The molecule has 1 N–H and O–H groups in total. The Labute approximate surface area is 165 Å². The Kier molecular flexibility index (Phi) is 7.99. The number of hydrogen-bond donors (Lipinski definition) is 1. The molecule has 0 aliphatic carbocycles. The molecule has 0 aliphatic heterocycles. The molecule has 2 rings (SSSR count). The number of hydrogen-bond acceptors (Lipinski definition) is 3. The number of nitrogens with one attached hydrogen (secondary N) is 1. The molecule has 2 aromatic carbocycles. The van der Waals surface area contributed by atoms with E-state index in [1.807, 2.05) is 38.1 Å². The van der Waals surface area contributed by atoms with Gasteiger partial charge in [-0.05, 0) is 38.0 Å². The van der Waals surface area contributed by atoms with Crippen LogP contribution in [0, 0.1) is 12.7 Å². The van der Waals surface area contributed by atoms with E-state index in [1.54, 1.807) is 19.1 Å². The highest BCUT2D eigenvalue weighted by Gasteiger charge is 2.26. The van der Waals surface area contributed by atoms with Crippen LogP contribution in [-0.2, 0) is 16.1 Å². The van der Waals surface area contributed by atoms with Crippen molar-refractivity contribution in [2.75, 3.05) is 13.2 Å². The van der Waals surface area contributed by atoms with Crippen LogP contribution in [0.25, 0.3) is 0 Å². The van der Waals surface area contributed by atoms with Crippen molar-refractivity contribution in [1.29, 1.82) is 0 Å². The van der Waals surface area contributed by atoms with Crippen LogP contribution in [0.3, 0.4) is 0 Å². The van der Waals surface area contributed by atoms with E-state index in [4.69, 9.17) is 4.74 Å². The van der Waals surface area contributed by atoms with Crippen molar-refractivity contribution in [3.05, 3.63) is 65.5 Å². The van der Waals surface area contributed by atoms with Gasteiger partial charge in [-0.1, -0.05) is 48.9 Å². The minimum Gasteiger partial charge on any atom is -0.481 e. The molecule has 2 amide bonds. The highest BCUT2D eigenvalue weighted by molar-refractivity contribution is 5.87. The standard InChI is InChI=1S/C22H27FN2O3/c1-4-13-24-22(27)17(3)25(14-18-11-9-16(2)10-12-18)21(26)15-28-20-8-6-5-7-19(20)23/h5-12,17H,4,13-15H2,1-3H3,(H,24,27)/t17-/m1/s1. The first kappa shape index (κ1) is 21.4. The Hall–Kier alpha value is -2.89. The topological polar surface area (TPSA) is 58.6 Å². The molecule has 0 aromatic heterocycles. The molecule has 0 spiro atoms. The molecular weight excluding hydrogens is 359 g/mol. The predicted molar refractivity (Wildman–Crippen MR) is 106 cm³/mol. The number of nitrogens with zero attached hydrogens (tertiary/aromatic N) is 1. The van der Waals surface area contributed by atoms with Gasteiger partial charge in [0.2, 0.25) is 5.91 Å². The van der Waals surface area contributed by atoms with Crippen molar-refractivity contribution in [1.82, 2.24) is 10.2 Å². The van der Waals surface area contributed by atoms with Gasteiger partial charge in [0, 0.05) is 13.1 Å². The van der Waals surface area contributed by atoms with E-state index in [0.717, 1.165) is 17.5 Å². The van der Waals surface area contributed by atoms with Crippen LogP contribution in [0.2, 0.25) is 0 Å². The summed E-state index contributed by atoms with van der Waals surface area (Å²) >= 11 is 0. The van der Waals surface area contributed by atoms with Crippen LogP contribution < -0.4 is 10.1 Å². The second kappa shape index (κ2) is 10.4. The lowest BCUT2D eigenvalue weighted by molar-refractivity contribution is -0.142. The fourth-order valence-corrected chi connectivity index (χ4v) is 2.65. The molecule has 0 saturated carbocycles. The van der Waals surface area contributed by atoms with Gasteiger partial charge in [-0.2, -0.15) is 0 Å².